The van der Waals surface area contributed by atoms with Gasteiger partial charge in [0, 0.05) is 4.90 Å². The van der Waals surface area contributed by atoms with Crippen LogP contribution in [0.1, 0.15) is 11.4 Å². The summed E-state index contributed by atoms with van der Waals surface area (Å²) in [7, 11) is 0. The van der Waals surface area contributed by atoms with Crippen LogP contribution in [-0.4, -0.2) is 21.4 Å². The van der Waals surface area contributed by atoms with Gasteiger partial charge in [-0.1, -0.05) is 29.8 Å². The minimum absolute atomic E-state index is 0.0474. The van der Waals surface area contributed by atoms with Crippen molar-refractivity contribution in [2.24, 2.45) is 0 Å². The first-order valence-electron chi connectivity index (χ1n) is 7.95. The average molecular weight is 390 g/mol. The zero-order valence-electron chi connectivity index (χ0n) is 14.3. The van der Waals surface area contributed by atoms with Gasteiger partial charge in [0.15, 0.2) is 0 Å². The van der Waals surface area contributed by atoms with Crippen LogP contribution in [0, 0.1) is 19.7 Å². The number of carbonyl (C=O) groups is 1. The minimum atomic E-state index is -0.472. The molecule has 7 heteroatoms. The smallest absolute Gasteiger partial charge is 0.234 e. The molecule has 26 heavy (non-hydrogen) atoms. The number of anilines is 1. The zero-order valence-corrected chi connectivity index (χ0v) is 15.9. The first-order valence-corrected chi connectivity index (χ1v) is 9.31. The van der Waals surface area contributed by atoms with Crippen molar-refractivity contribution in [2.45, 2.75) is 18.7 Å². The average Bonchev–Trinajstić information content (AvgIpc) is 2.91. The van der Waals surface area contributed by atoms with E-state index in [1.54, 1.807) is 10.7 Å². The highest BCUT2D eigenvalue weighted by Gasteiger charge is 2.15. The summed E-state index contributed by atoms with van der Waals surface area (Å²) < 4.78 is 15.0. The summed E-state index contributed by atoms with van der Waals surface area (Å²) in [6.45, 7) is 3.77. The van der Waals surface area contributed by atoms with Crippen molar-refractivity contribution in [1.82, 2.24) is 9.78 Å². The molecular formula is C19H17ClFN3OS. The zero-order chi connectivity index (χ0) is 18.7. The van der Waals surface area contributed by atoms with Crippen LogP contribution in [0.5, 0.6) is 0 Å². The summed E-state index contributed by atoms with van der Waals surface area (Å²) in [4.78, 5) is 13.0. The van der Waals surface area contributed by atoms with E-state index in [2.05, 4.69) is 10.4 Å². The SMILES string of the molecule is Cc1nn(-c2ccccc2)c(C)c1NC(=O)CSc1ccc(F)c(Cl)c1. The maximum Gasteiger partial charge on any atom is 0.234 e. The molecule has 4 nitrogen and oxygen atoms in total. The topological polar surface area (TPSA) is 46.9 Å². The number of nitrogens with one attached hydrogen (secondary N) is 1. The predicted octanol–water partition coefficient (Wildman–Crippen LogP) is 5.01. The van der Waals surface area contributed by atoms with Crippen molar-refractivity contribution >= 4 is 35.0 Å². The van der Waals surface area contributed by atoms with E-state index in [0.717, 1.165) is 22.0 Å². The van der Waals surface area contributed by atoms with Gasteiger partial charge in [-0.15, -0.1) is 11.8 Å². The summed E-state index contributed by atoms with van der Waals surface area (Å²) in [6, 6.07) is 14.1. The minimum Gasteiger partial charge on any atom is -0.322 e. The Labute approximate surface area is 160 Å². The number of halogens is 2. The number of thioether (sulfide) groups is 1. The molecule has 3 aromatic rings. The van der Waals surface area contributed by atoms with Gasteiger partial charge < -0.3 is 5.32 Å². The number of rotatable bonds is 5. The van der Waals surface area contributed by atoms with Crippen molar-refractivity contribution in [3.8, 4) is 5.69 Å². The Morgan fingerprint density at radius 3 is 2.65 bits per heavy atom. The number of hydrogen-bond acceptors (Lipinski definition) is 3. The Balaban J connectivity index is 1.69. The van der Waals surface area contributed by atoms with E-state index in [4.69, 9.17) is 11.6 Å². The maximum atomic E-state index is 13.2. The van der Waals surface area contributed by atoms with Crippen LogP contribution < -0.4 is 5.32 Å². The standard InChI is InChI=1S/C19H17ClFN3OS/c1-12-19(13(2)24(23-12)14-6-4-3-5-7-14)22-18(25)11-26-15-8-9-17(21)16(20)10-15/h3-10H,11H2,1-2H3,(H,22,25). The molecule has 0 aliphatic heterocycles. The Morgan fingerprint density at radius 2 is 1.96 bits per heavy atom. The van der Waals surface area contributed by atoms with Crippen LogP contribution in [0.15, 0.2) is 53.4 Å². The predicted molar refractivity (Wildman–Crippen MR) is 104 cm³/mol. The number of benzene rings is 2. The molecule has 0 spiro atoms. The summed E-state index contributed by atoms with van der Waals surface area (Å²) in [6.07, 6.45) is 0. The molecule has 1 N–H and O–H groups in total. The molecule has 0 bridgehead atoms. The summed E-state index contributed by atoms with van der Waals surface area (Å²) in [5, 5.41) is 7.47. The summed E-state index contributed by atoms with van der Waals surface area (Å²) >= 11 is 7.06. The molecule has 2 aromatic carbocycles. The van der Waals surface area contributed by atoms with Gasteiger partial charge in [-0.2, -0.15) is 5.10 Å². The molecular weight excluding hydrogens is 373 g/mol. The number of amides is 1. The molecule has 0 unspecified atom stereocenters. The highest BCUT2D eigenvalue weighted by Crippen LogP contribution is 2.26. The van der Waals surface area contributed by atoms with Crippen LogP contribution in [0.2, 0.25) is 5.02 Å². The molecule has 1 heterocycles. The van der Waals surface area contributed by atoms with Gasteiger partial charge in [-0.25, -0.2) is 9.07 Å². The quantitative estimate of drug-likeness (QED) is 0.624. The lowest BCUT2D eigenvalue weighted by Crippen LogP contribution is -2.15. The molecule has 134 valence electrons. The van der Waals surface area contributed by atoms with E-state index in [9.17, 15) is 9.18 Å². The van der Waals surface area contributed by atoms with Gasteiger partial charge in [0.05, 0.1) is 33.5 Å². The fourth-order valence-electron chi connectivity index (χ4n) is 2.54. The van der Waals surface area contributed by atoms with Gasteiger partial charge in [0.2, 0.25) is 5.91 Å². The molecule has 0 atom stereocenters. The largest absolute Gasteiger partial charge is 0.322 e. The maximum absolute atomic E-state index is 13.2. The lowest BCUT2D eigenvalue weighted by Gasteiger charge is -2.07. The molecule has 0 saturated heterocycles. The fraction of sp³-hybridized carbons (Fsp3) is 0.158. The van der Waals surface area contributed by atoms with Gasteiger partial charge in [0.1, 0.15) is 5.82 Å². The summed E-state index contributed by atoms with van der Waals surface area (Å²) in [5.41, 5.74) is 3.24. The van der Waals surface area contributed by atoms with E-state index in [1.165, 1.54) is 23.9 Å². The third-order valence-corrected chi connectivity index (χ3v) is 5.10. The third-order valence-electron chi connectivity index (χ3n) is 3.82. The number of para-hydroxylation sites is 1. The molecule has 0 aliphatic rings. The Morgan fingerprint density at radius 1 is 1.23 bits per heavy atom. The van der Waals surface area contributed by atoms with Crippen LogP contribution in [0.25, 0.3) is 5.69 Å². The highest BCUT2D eigenvalue weighted by atomic mass is 35.5. The van der Waals surface area contributed by atoms with Gasteiger partial charge in [-0.3, -0.25) is 4.79 Å². The highest BCUT2D eigenvalue weighted by molar-refractivity contribution is 8.00. The Hall–Kier alpha value is -2.31. The van der Waals surface area contributed by atoms with Crippen molar-refractivity contribution in [2.75, 3.05) is 11.1 Å². The Bertz CT molecular complexity index is 943. The molecule has 0 fully saturated rings. The molecule has 0 radical (unpaired) electrons. The van der Waals surface area contributed by atoms with E-state index >= 15 is 0 Å². The van der Waals surface area contributed by atoms with Gasteiger partial charge in [-0.05, 0) is 44.2 Å². The van der Waals surface area contributed by atoms with Crippen LogP contribution in [0.3, 0.4) is 0 Å². The molecule has 3 rings (SSSR count). The number of aryl methyl sites for hydroxylation is 1. The lowest BCUT2D eigenvalue weighted by atomic mass is 10.3. The van der Waals surface area contributed by atoms with Crippen molar-refractivity contribution in [1.29, 1.82) is 0 Å². The van der Waals surface area contributed by atoms with E-state index in [1.807, 2.05) is 44.2 Å². The normalized spacial score (nSPS) is 10.8. The van der Waals surface area contributed by atoms with Gasteiger partial charge >= 0.3 is 0 Å². The number of hydrogen-bond donors (Lipinski definition) is 1. The van der Waals surface area contributed by atoms with E-state index < -0.39 is 5.82 Å². The second-order valence-electron chi connectivity index (χ2n) is 5.71. The first kappa shape index (κ1) is 18.5. The lowest BCUT2D eigenvalue weighted by molar-refractivity contribution is -0.113. The fourth-order valence-corrected chi connectivity index (χ4v) is 3.52. The molecule has 1 aromatic heterocycles. The second kappa shape index (κ2) is 7.93. The van der Waals surface area contributed by atoms with E-state index in [-0.39, 0.29) is 16.7 Å². The van der Waals surface area contributed by atoms with E-state index in [0.29, 0.717) is 5.69 Å². The third kappa shape index (κ3) is 4.08. The number of carbonyl (C=O) groups excluding carboxylic acids is 1. The molecule has 0 saturated carbocycles. The number of aromatic nitrogens is 2. The van der Waals surface area contributed by atoms with Crippen molar-refractivity contribution < 1.29 is 9.18 Å². The Kier molecular flexibility index (Phi) is 5.64. The van der Waals surface area contributed by atoms with Crippen LogP contribution in [-0.2, 0) is 4.79 Å². The van der Waals surface area contributed by atoms with Crippen LogP contribution >= 0.6 is 23.4 Å². The molecule has 1 amide bonds. The van der Waals surface area contributed by atoms with Gasteiger partial charge in [0.25, 0.3) is 0 Å². The summed E-state index contributed by atoms with van der Waals surface area (Å²) in [5.74, 6) is -0.438. The van der Waals surface area contributed by atoms with Crippen molar-refractivity contribution in [3.63, 3.8) is 0 Å². The van der Waals surface area contributed by atoms with Crippen LogP contribution in [0.4, 0.5) is 10.1 Å². The monoisotopic (exact) mass is 389 g/mol. The molecule has 0 aliphatic carbocycles. The van der Waals surface area contributed by atoms with Crippen molar-refractivity contribution in [3.05, 3.63) is 70.8 Å². The second-order valence-corrected chi connectivity index (χ2v) is 7.16. The number of nitrogens with zero attached hydrogens (tertiary/aromatic N) is 2. The first-order chi connectivity index (χ1) is 12.5.